The first kappa shape index (κ1) is 17.3. The van der Waals surface area contributed by atoms with Gasteiger partial charge in [0.25, 0.3) is 5.91 Å². The third-order valence-corrected chi connectivity index (χ3v) is 5.48. The predicted molar refractivity (Wildman–Crippen MR) is 107 cm³/mol. The number of aromatic nitrogens is 3. The van der Waals surface area contributed by atoms with E-state index >= 15 is 0 Å². The number of amides is 1. The van der Waals surface area contributed by atoms with Crippen molar-refractivity contribution in [1.29, 1.82) is 5.41 Å². The fourth-order valence-corrected chi connectivity index (χ4v) is 3.96. The number of hydrogen-bond donors (Lipinski definition) is 3. The number of carbonyl (C=O) groups is 1. The number of benzene rings is 1. The van der Waals surface area contributed by atoms with E-state index in [2.05, 4.69) is 20.3 Å². The van der Waals surface area contributed by atoms with Crippen molar-refractivity contribution in [2.45, 2.75) is 19.3 Å². The Hall–Kier alpha value is -3.07. The van der Waals surface area contributed by atoms with E-state index in [1.165, 1.54) is 30.3 Å². The van der Waals surface area contributed by atoms with Gasteiger partial charge in [-0.05, 0) is 37.5 Å². The fraction of sp³-hybridized carbons (Fsp3) is 0.278. The van der Waals surface area contributed by atoms with E-state index in [4.69, 9.17) is 11.1 Å². The van der Waals surface area contributed by atoms with Crippen LogP contribution in [0.2, 0.25) is 0 Å². The van der Waals surface area contributed by atoms with Crippen molar-refractivity contribution in [3.05, 3.63) is 35.1 Å². The van der Waals surface area contributed by atoms with Crippen LogP contribution in [0.1, 0.15) is 34.6 Å². The Kier molecular flexibility index (Phi) is 4.68. The van der Waals surface area contributed by atoms with Gasteiger partial charge in [0.15, 0.2) is 10.8 Å². The first-order chi connectivity index (χ1) is 13.2. The molecule has 0 radical (unpaired) electrons. The maximum Gasteiger partial charge on any atom is 0.282 e. The molecule has 2 aromatic heterocycles. The lowest BCUT2D eigenvalue weighted by Gasteiger charge is -2.25. The van der Waals surface area contributed by atoms with Gasteiger partial charge in [-0.25, -0.2) is 15.0 Å². The third kappa shape index (κ3) is 3.45. The standard InChI is InChI=1S/C18H19N7OS/c19-9-11-8-12(4-5-13(11)20)23-15-14-16(22-10-21-15)27-17(24-14)18(26)25-6-2-1-3-7-25/h4-5,8-10,19H,1-3,6-7,20H2,(H,21,22,23). The van der Waals surface area contributed by atoms with E-state index in [9.17, 15) is 4.79 Å². The molecule has 4 N–H and O–H groups in total. The van der Waals surface area contributed by atoms with Crippen molar-refractivity contribution >= 4 is 51.0 Å². The summed E-state index contributed by atoms with van der Waals surface area (Å²) in [4.78, 5) is 28.3. The SMILES string of the molecule is N=Cc1cc(Nc2ncnc3sc(C(=O)N4CCCCC4)nc23)ccc1N. The third-order valence-electron chi connectivity index (χ3n) is 4.53. The number of rotatable bonds is 4. The van der Waals surface area contributed by atoms with Crippen LogP contribution in [0.5, 0.6) is 0 Å². The Morgan fingerprint density at radius 1 is 1.26 bits per heavy atom. The Bertz CT molecular complexity index is 1010. The molecule has 0 spiro atoms. The minimum absolute atomic E-state index is 0.0396. The van der Waals surface area contributed by atoms with E-state index in [0.29, 0.717) is 32.4 Å². The molecule has 1 saturated heterocycles. The summed E-state index contributed by atoms with van der Waals surface area (Å²) in [7, 11) is 0. The van der Waals surface area contributed by atoms with Crippen LogP contribution in [-0.4, -0.2) is 45.1 Å². The summed E-state index contributed by atoms with van der Waals surface area (Å²) in [5.41, 5.74) is 8.28. The molecule has 0 aliphatic carbocycles. The Balaban J connectivity index is 1.65. The van der Waals surface area contributed by atoms with Gasteiger partial charge in [0.2, 0.25) is 0 Å². The second kappa shape index (κ2) is 7.28. The molecule has 0 bridgehead atoms. The number of nitrogens with zero attached hydrogens (tertiary/aromatic N) is 4. The van der Waals surface area contributed by atoms with Gasteiger partial charge in [-0.2, -0.15) is 0 Å². The topological polar surface area (TPSA) is 121 Å². The maximum absolute atomic E-state index is 12.7. The highest BCUT2D eigenvalue weighted by molar-refractivity contribution is 7.19. The van der Waals surface area contributed by atoms with Crippen LogP contribution in [0, 0.1) is 5.41 Å². The lowest BCUT2D eigenvalue weighted by Crippen LogP contribution is -2.35. The Labute approximate surface area is 160 Å². The van der Waals surface area contributed by atoms with E-state index in [1.807, 2.05) is 11.0 Å². The van der Waals surface area contributed by atoms with Crippen LogP contribution >= 0.6 is 11.3 Å². The summed E-state index contributed by atoms with van der Waals surface area (Å²) in [6.07, 6.45) is 5.90. The van der Waals surface area contributed by atoms with Crippen molar-refractivity contribution in [1.82, 2.24) is 19.9 Å². The number of nitrogens with two attached hydrogens (primary N) is 1. The maximum atomic E-state index is 12.7. The summed E-state index contributed by atoms with van der Waals surface area (Å²) in [5.74, 6) is 0.483. The number of anilines is 3. The Morgan fingerprint density at radius 2 is 2.07 bits per heavy atom. The average Bonchev–Trinajstić information content (AvgIpc) is 3.15. The second-order valence-corrected chi connectivity index (χ2v) is 7.34. The molecule has 0 unspecified atom stereocenters. The lowest BCUT2D eigenvalue weighted by atomic mass is 10.1. The number of fused-ring (bicyclic) bond motifs is 1. The number of hydrogen-bond acceptors (Lipinski definition) is 8. The van der Waals surface area contributed by atoms with Gasteiger partial charge in [-0.15, -0.1) is 0 Å². The zero-order valence-electron chi connectivity index (χ0n) is 14.6. The van der Waals surface area contributed by atoms with E-state index in [-0.39, 0.29) is 5.91 Å². The lowest BCUT2D eigenvalue weighted by molar-refractivity contribution is 0.0724. The number of piperidine rings is 1. The molecule has 1 amide bonds. The number of likely N-dealkylation sites (tertiary alicyclic amines) is 1. The minimum Gasteiger partial charge on any atom is -0.398 e. The molecular weight excluding hydrogens is 362 g/mol. The van der Waals surface area contributed by atoms with Crippen molar-refractivity contribution in [2.24, 2.45) is 0 Å². The normalized spacial score (nSPS) is 14.3. The molecule has 1 aliphatic rings. The van der Waals surface area contributed by atoms with Crippen LogP contribution in [0.15, 0.2) is 24.5 Å². The van der Waals surface area contributed by atoms with E-state index in [1.54, 1.807) is 12.1 Å². The molecule has 27 heavy (non-hydrogen) atoms. The number of nitrogens with one attached hydrogen (secondary N) is 2. The van der Waals surface area contributed by atoms with Crippen molar-refractivity contribution in [2.75, 3.05) is 24.1 Å². The van der Waals surface area contributed by atoms with Gasteiger partial charge in [-0.3, -0.25) is 4.79 Å². The largest absolute Gasteiger partial charge is 0.398 e. The highest BCUT2D eigenvalue weighted by Crippen LogP contribution is 2.28. The van der Waals surface area contributed by atoms with Crippen LogP contribution in [0.4, 0.5) is 17.2 Å². The first-order valence-electron chi connectivity index (χ1n) is 8.73. The molecule has 1 aliphatic heterocycles. The van der Waals surface area contributed by atoms with Crippen LogP contribution in [-0.2, 0) is 0 Å². The molecule has 0 atom stereocenters. The monoisotopic (exact) mass is 381 g/mol. The highest BCUT2D eigenvalue weighted by Gasteiger charge is 2.23. The van der Waals surface area contributed by atoms with Crippen LogP contribution in [0.25, 0.3) is 10.3 Å². The summed E-state index contributed by atoms with van der Waals surface area (Å²) in [6.45, 7) is 1.56. The summed E-state index contributed by atoms with van der Waals surface area (Å²) >= 11 is 1.28. The van der Waals surface area contributed by atoms with Gasteiger partial charge in [0.05, 0.1) is 0 Å². The zero-order chi connectivity index (χ0) is 18.8. The molecule has 138 valence electrons. The first-order valence-corrected chi connectivity index (χ1v) is 9.55. The van der Waals surface area contributed by atoms with Gasteiger partial charge in [0.1, 0.15) is 16.7 Å². The number of nitrogen functional groups attached to an aromatic ring is 1. The molecule has 4 rings (SSSR count). The summed E-state index contributed by atoms with van der Waals surface area (Å²) < 4.78 is 0. The van der Waals surface area contributed by atoms with Crippen LogP contribution < -0.4 is 11.1 Å². The van der Waals surface area contributed by atoms with Crippen molar-refractivity contribution < 1.29 is 4.79 Å². The van der Waals surface area contributed by atoms with Gasteiger partial charge in [0, 0.05) is 36.2 Å². The number of carbonyl (C=O) groups excluding carboxylic acids is 1. The van der Waals surface area contributed by atoms with Gasteiger partial charge in [-0.1, -0.05) is 11.3 Å². The van der Waals surface area contributed by atoms with Gasteiger partial charge >= 0.3 is 0 Å². The highest BCUT2D eigenvalue weighted by atomic mass is 32.1. The van der Waals surface area contributed by atoms with Gasteiger partial charge < -0.3 is 21.4 Å². The summed E-state index contributed by atoms with van der Waals surface area (Å²) in [6, 6.07) is 5.30. The smallest absolute Gasteiger partial charge is 0.282 e. The molecule has 8 nitrogen and oxygen atoms in total. The van der Waals surface area contributed by atoms with Crippen molar-refractivity contribution in [3.63, 3.8) is 0 Å². The molecule has 0 saturated carbocycles. The molecule has 1 fully saturated rings. The minimum atomic E-state index is -0.0396. The van der Waals surface area contributed by atoms with E-state index in [0.717, 1.165) is 31.6 Å². The molecule has 3 aromatic rings. The predicted octanol–water partition coefficient (Wildman–Crippen LogP) is 3.04. The zero-order valence-corrected chi connectivity index (χ0v) is 15.4. The number of thiazole rings is 1. The second-order valence-electron chi connectivity index (χ2n) is 6.36. The quantitative estimate of drug-likeness (QED) is 0.472. The molecular formula is C18H19N7OS. The average molecular weight is 381 g/mol. The summed E-state index contributed by atoms with van der Waals surface area (Å²) in [5, 5.41) is 11.1. The van der Waals surface area contributed by atoms with E-state index < -0.39 is 0 Å². The van der Waals surface area contributed by atoms with Crippen molar-refractivity contribution in [3.8, 4) is 0 Å². The molecule has 3 heterocycles. The molecule has 9 heteroatoms. The van der Waals surface area contributed by atoms with Crippen LogP contribution in [0.3, 0.4) is 0 Å². The Morgan fingerprint density at radius 3 is 2.85 bits per heavy atom. The fourth-order valence-electron chi connectivity index (χ4n) is 3.08. The molecule has 1 aromatic carbocycles.